The minimum absolute atomic E-state index is 0.0905. The minimum atomic E-state index is -1.95. The zero-order valence-electron chi connectivity index (χ0n) is 20.9. The summed E-state index contributed by atoms with van der Waals surface area (Å²) in [5, 5.41) is 0.630. The third-order valence-corrected chi connectivity index (χ3v) is 11.9. The van der Waals surface area contributed by atoms with E-state index < -0.39 is 26.5 Å². The topological polar surface area (TPSA) is 65.1 Å². The average Bonchev–Trinajstić information content (AvgIpc) is 3.34. The van der Waals surface area contributed by atoms with Crippen LogP contribution in [0.3, 0.4) is 0 Å². The summed E-state index contributed by atoms with van der Waals surface area (Å²) in [5.41, 5.74) is 3.83. The number of amides is 1. The molecule has 35 heavy (non-hydrogen) atoms. The molecule has 1 aliphatic heterocycles. The molecule has 2 aromatic carbocycles. The van der Waals surface area contributed by atoms with Crippen molar-refractivity contribution in [3.8, 4) is 0 Å². The summed E-state index contributed by atoms with van der Waals surface area (Å²) in [6, 6.07) is 14.4. The lowest BCUT2D eigenvalue weighted by molar-refractivity contribution is 0.0335. The molecule has 186 valence electrons. The highest BCUT2D eigenvalue weighted by Gasteiger charge is 2.42. The molecule has 6 nitrogen and oxygen atoms in total. The molecule has 1 saturated heterocycles. The molecule has 8 heteroatoms. The molecule has 1 aliphatic carbocycles. The molecule has 0 unspecified atom stereocenters. The lowest BCUT2D eigenvalue weighted by atomic mass is 10.0. The van der Waals surface area contributed by atoms with E-state index in [0.29, 0.717) is 42.5 Å². The Morgan fingerprint density at radius 2 is 1.83 bits per heavy atom. The van der Waals surface area contributed by atoms with Gasteiger partial charge in [-0.25, -0.2) is 9.59 Å². The van der Waals surface area contributed by atoms with Crippen LogP contribution in [0.2, 0.25) is 23.2 Å². The Bertz CT molecular complexity index is 1150. The lowest BCUT2D eigenvalue weighted by Gasteiger charge is -2.36. The van der Waals surface area contributed by atoms with Crippen molar-refractivity contribution < 1.29 is 23.5 Å². The van der Waals surface area contributed by atoms with Crippen molar-refractivity contribution >= 4 is 37.6 Å². The number of cyclic esters (lactones) is 1. The Labute approximate surface area is 212 Å². The Kier molecular flexibility index (Phi) is 7.13. The third kappa shape index (κ3) is 5.17. The van der Waals surface area contributed by atoms with Gasteiger partial charge in [-0.05, 0) is 60.0 Å². The van der Waals surface area contributed by atoms with Crippen LogP contribution in [0, 0.1) is 0 Å². The second-order valence-electron chi connectivity index (χ2n) is 10.4. The first kappa shape index (κ1) is 25.5. The van der Waals surface area contributed by atoms with Gasteiger partial charge in [-0.1, -0.05) is 56.6 Å². The van der Waals surface area contributed by atoms with Gasteiger partial charge >= 0.3 is 12.1 Å². The molecule has 4 rings (SSSR count). The molecule has 0 spiro atoms. The van der Waals surface area contributed by atoms with E-state index in [1.54, 1.807) is 29.2 Å². The van der Waals surface area contributed by atoms with Gasteiger partial charge in [-0.15, -0.1) is 0 Å². The number of carbonyl (C=O) groups excluding carboxylic acids is 2. The van der Waals surface area contributed by atoms with E-state index in [-0.39, 0.29) is 5.04 Å². The van der Waals surface area contributed by atoms with Crippen molar-refractivity contribution in [2.75, 3.05) is 19.8 Å². The largest absolute Gasteiger partial charge is 0.447 e. The number of halogens is 1. The maximum absolute atomic E-state index is 13.1. The average molecular weight is 514 g/mol. The Hall–Kier alpha value is -2.61. The number of nitrogens with zero attached hydrogens (tertiary/aromatic N) is 1. The monoisotopic (exact) mass is 513 g/mol. The van der Waals surface area contributed by atoms with Gasteiger partial charge in [-0.3, -0.25) is 4.90 Å². The Morgan fingerprint density at radius 1 is 1.14 bits per heavy atom. The van der Waals surface area contributed by atoms with Crippen LogP contribution < -0.4 is 0 Å². The summed E-state index contributed by atoms with van der Waals surface area (Å²) in [7, 11) is -1.95. The summed E-state index contributed by atoms with van der Waals surface area (Å²) >= 11 is 5.98. The van der Waals surface area contributed by atoms with E-state index in [0.717, 1.165) is 16.7 Å². The van der Waals surface area contributed by atoms with Crippen molar-refractivity contribution in [3.05, 3.63) is 75.9 Å². The fraction of sp³-hybridized carbons (Fsp3) is 0.407. The number of fused-ring (bicyclic) bond motifs is 1. The highest BCUT2D eigenvalue weighted by Crippen LogP contribution is 2.47. The van der Waals surface area contributed by atoms with Gasteiger partial charge in [0.15, 0.2) is 14.4 Å². The van der Waals surface area contributed by atoms with E-state index in [1.165, 1.54) is 0 Å². The van der Waals surface area contributed by atoms with Crippen LogP contribution in [0.5, 0.6) is 0 Å². The maximum Gasteiger partial charge on any atom is 0.414 e. The van der Waals surface area contributed by atoms with Gasteiger partial charge in [0.05, 0.1) is 17.8 Å². The number of rotatable bonds is 7. The van der Waals surface area contributed by atoms with Gasteiger partial charge in [0.1, 0.15) is 6.61 Å². The number of ether oxygens (including phenoxy) is 2. The Balaban J connectivity index is 1.69. The predicted octanol–water partition coefficient (Wildman–Crippen LogP) is 6.83. The second-order valence-corrected chi connectivity index (χ2v) is 15.6. The van der Waals surface area contributed by atoms with E-state index in [4.69, 9.17) is 25.5 Å². The predicted molar refractivity (Wildman–Crippen MR) is 139 cm³/mol. The molecule has 0 aromatic heterocycles. The molecule has 2 aromatic rings. The van der Waals surface area contributed by atoms with Crippen LogP contribution in [0.1, 0.15) is 54.8 Å². The summed E-state index contributed by atoms with van der Waals surface area (Å²) in [6.07, 6.45) is -0.552. The van der Waals surface area contributed by atoms with Crippen molar-refractivity contribution in [2.45, 2.75) is 51.4 Å². The standard InChI is InChI=1S/C27H32ClNO5Si/c1-27(2,3)35(4,5)33-16-14-21-20-8-6-7-9-22(20)24(23(21)29-15-17-32-26(29)31)34-25(30)18-10-12-19(28)13-11-18/h6-13,24H,14-17H2,1-5H3/t24-/m1/s1. The van der Waals surface area contributed by atoms with Crippen LogP contribution in [-0.4, -0.2) is 45.0 Å². The number of hydrogen-bond acceptors (Lipinski definition) is 5. The first-order valence-electron chi connectivity index (χ1n) is 11.9. The lowest BCUT2D eigenvalue weighted by Crippen LogP contribution is -2.41. The summed E-state index contributed by atoms with van der Waals surface area (Å²) in [4.78, 5) is 27.3. The van der Waals surface area contributed by atoms with Crippen LogP contribution >= 0.6 is 11.6 Å². The number of carbonyl (C=O) groups is 2. The van der Waals surface area contributed by atoms with Crippen molar-refractivity contribution in [2.24, 2.45) is 0 Å². The van der Waals surface area contributed by atoms with Crippen LogP contribution in [-0.2, 0) is 13.9 Å². The smallest absolute Gasteiger partial charge is 0.414 e. The van der Waals surface area contributed by atoms with Gasteiger partial charge in [0.25, 0.3) is 0 Å². The number of esters is 1. The van der Waals surface area contributed by atoms with Gasteiger partial charge in [0, 0.05) is 17.2 Å². The molecule has 0 N–H and O–H groups in total. The molecule has 0 saturated carbocycles. The molecule has 2 aliphatic rings. The summed E-state index contributed by atoms with van der Waals surface area (Å²) in [5.74, 6) is -0.481. The van der Waals surface area contributed by atoms with Gasteiger partial charge < -0.3 is 13.9 Å². The SMILES string of the molecule is CC(C)(C)[Si](C)(C)OCCC1=C(N2CCOC2=O)[C@H](OC(=O)c2ccc(Cl)cc2)c2ccccc21. The zero-order valence-corrected chi connectivity index (χ0v) is 22.6. The maximum atomic E-state index is 13.1. The fourth-order valence-corrected chi connectivity index (χ4v) is 5.30. The van der Waals surface area contributed by atoms with Gasteiger partial charge in [-0.2, -0.15) is 0 Å². The normalized spacial score (nSPS) is 18.1. The van der Waals surface area contributed by atoms with E-state index in [2.05, 4.69) is 33.9 Å². The van der Waals surface area contributed by atoms with E-state index in [9.17, 15) is 9.59 Å². The van der Waals surface area contributed by atoms with Crippen molar-refractivity contribution in [1.82, 2.24) is 4.90 Å². The highest BCUT2D eigenvalue weighted by molar-refractivity contribution is 6.74. The van der Waals surface area contributed by atoms with E-state index in [1.807, 2.05) is 24.3 Å². The van der Waals surface area contributed by atoms with Gasteiger partial charge in [0.2, 0.25) is 0 Å². The second kappa shape index (κ2) is 9.80. The third-order valence-electron chi connectivity index (χ3n) is 7.10. The molecule has 1 fully saturated rings. The first-order chi connectivity index (χ1) is 16.5. The molecular formula is C27H32ClNO5Si. The zero-order chi connectivity index (χ0) is 25.4. The molecular weight excluding hydrogens is 482 g/mol. The summed E-state index contributed by atoms with van der Waals surface area (Å²) in [6.45, 7) is 12.3. The molecule has 1 amide bonds. The van der Waals surface area contributed by atoms with Crippen molar-refractivity contribution in [1.29, 1.82) is 0 Å². The fourth-order valence-electron chi connectivity index (χ4n) is 4.13. The molecule has 1 heterocycles. The summed E-state index contributed by atoms with van der Waals surface area (Å²) < 4.78 is 17.8. The number of benzene rings is 2. The van der Waals surface area contributed by atoms with E-state index >= 15 is 0 Å². The van der Waals surface area contributed by atoms with Crippen LogP contribution in [0.4, 0.5) is 4.79 Å². The molecule has 1 atom stereocenters. The Morgan fingerprint density at radius 3 is 2.46 bits per heavy atom. The first-order valence-corrected chi connectivity index (χ1v) is 15.2. The quantitative estimate of drug-likeness (QED) is 0.300. The molecule has 0 bridgehead atoms. The minimum Gasteiger partial charge on any atom is -0.447 e. The van der Waals surface area contributed by atoms with Crippen LogP contribution in [0.25, 0.3) is 5.57 Å². The molecule has 0 radical (unpaired) electrons. The van der Waals surface area contributed by atoms with Crippen molar-refractivity contribution in [3.63, 3.8) is 0 Å². The number of hydrogen-bond donors (Lipinski definition) is 0. The highest BCUT2D eigenvalue weighted by atomic mass is 35.5. The van der Waals surface area contributed by atoms with Crippen LogP contribution in [0.15, 0.2) is 54.2 Å².